The van der Waals surface area contributed by atoms with Crippen LogP contribution in [0.25, 0.3) is 0 Å². The van der Waals surface area contributed by atoms with Crippen LogP contribution in [0.5, 0.6) is 0 Å². The maximum absolute atomic E-state index is 4.28. The maximum Gasteiger partial charge on any atom is 0.149 e. The first-order valence-electron chi connectivity index (χ1n) is 6.11. The SMILES string of the molecule is CC(NCc1cc[nH]c1)c1nnc2n1CCC2. The van der Waals surface area contributed by atoms with E-state index >= 15 is 0 Å². The van der Waals surface area contributed by atoms with E-state index < -0.39 is 0 Å². The van der Waals surface area contributed by atoms with Crippen molar-refractivity contribution >= 4 is 0 Å². The average Bonchev–Trinajstić information content (AvgIpc) is 3.02. The number of rotatable bonds is 4. The lowest BCUT2D eigenvalue weighted by atomic mass is 10.2. The average molecular weight is 231 g/mol. The zero-order valence-corrected chi connectivity index (χ0v) is 9.98. The molecule has 5 heteroatoms. The monoisotopic (exact) mass is 231 g/mol. The Hall–Kier alpha value is -1.62. The Balaban J connectivity index is 1.67. The molecule has 2 aromatic heterocycles. The van der Waals surface area contributed by atoms with E-state index in [1.165, 1.54) is 12.0 Å². The van der Waals surface area contributed by atoms with Crippen molar-refractivity contribution in [3.63, 3.8) is 0 Å². The highest BCUT2D eigenvalue weighted by Gasteiger charge is 2.20. The standard InChI is InChI=1S/C12H17N5/c1-9(14-8-10-4-5-13-7-10)12-16-15-11-3-2-6-17(11)12/h4-5,7,9,13-14H,2-3,6,8H2,1H3. The van der Waals surface area contributed by atoms with Gasteiger partial charge in [-0.15, -0.1) is 10.2 Å². The van der Waals surface area contributed by atoms with E-state index in [1.54, 1.807) is 0 Å². The number of nitrogens with zero attached hydrogens (tertiary/aromatic N) is 3. The molecule has 1 unspecified atom stereocenters. The summed E-state index contributed by atoms with van der Waals surface area (Å²) in [7, 11) is 0. The summed E-state index contributed by atoms with van der Waals surface area (Å²) in [6.45, 7) is 4.06. The Kier molecular flexibility index (Phi) is 2.68. The van der Waals surface area contributed by atoms with Crippen molar-refractivity contribution in [2.75, 3.05) is 0 Å². The second-order valence-electron chi connectivity index (χ2n) is 4.55. The van der Waals surface area contributed by atoms with E-state index in [1.807, 2.05) is 12.4 Å². The molecule has 0 bridgehead atoms. The predicted octanol–water partition coefficient (Wildman–Crippen LogP) is 1.40. The fraction of sp³-hybridized carbons (Fsp3) is 0.500. The van der Waals surface area contributed by atoms with Gasteiger partial charge in [-0.2, -0.15) is 0 Å². The van der Waals surface area contributed by atoms with E-state index in [9.17, 15) is 0 Å². The molecule has 5 nitrogen and oxygen atoms in total. The highest BCUT2D eigenvalue weighted by Crippen LogP contribution is 2.19. The summed E-state index contributed by atoms with van der Waals surface area (Å²) in [5, 5.41) is 12.0. The Morgan fingerprint density at radius 1 is 1.53 bits per heavy atom. The number of hydrogen-bond acceptors (Lipinski definition) is 3. The Bertz CT molecular complexity index is 485. The molecule has 0 saturated carbocycles. The van der Waals surface area contributed by atoms with Crippen molar-refractivity contribution in [1.82, 2.24) is 25.1 Å². The topological polar surface area (TPSA) is 58.5 Å². The molecule has 0 fully saturated rings. The summed E-state index contributed by atoms with van der Waals surface area (Å²) >= 11 is 0. The molecule has 90 valence electrons. The molecule has 0 aromatic carbocycles. The molecule has 0 amide bonds. The van der Waals surface area contributed by atoms with Gasteiger partial charge in [-0.3, -0.25) is 0 Å². The highest BCUT2D eigenvalue weighted by atomic mass is 15.3. The molecular weight excluding hydrogens is 214 g/mol. The van der Waals surface area contributed by atoms with Crippen LogP contribution in [-0.2, 0) is 19.5 Å². The van der Waals surface area contributed by atoms with Gasteiger partial charge in [-0.1, -0.05) is 0 Å². The van der Waals surface area contributed by atoms with Crippen molar-refractivity contribution < 1.29 is 0 Å². The van der Waals surface area contributed by atoms with E-state index in [4.69, 9.17) is 0 Å². The molecule has 3 rings (SSSR count). The maximum atomic E-state index is 4.28. The first-order chi connectivity index (χ1) is 8.34. The van der Waals surface area contributed by atoms with Gasteiger partial charge in [0.25, 0.3) is 0 Å². The normalized spacial score (nSPS) is 16.1. The summed E-state index contributed by atoms with van der Waals surface area (Å²) in [6.07, 6.45) is 6.21. The number of fused-ring (bicyclic) bond motifs is 1. The van der Waals surface area contributed by atoms with E-state index in [0.717, 1.165) is 31.2 Å². The number of aromatic amines is 1. The quantitative estimate of drug-likeness (QED) is 0.836. The number of nitrogens with one attached hydrogen (secondary N) is 2. The van der Waals surface area contributed by atoms with E-state index in [2.05, 4.69) is 38.1 Å². The van der Waals surface area contributed by atoms with Gasteiger partial charge in [-0.05, 0) is 25.0 Å². The largest absolute Gasteiger partial charge is 0.367 e. The molecule has 17 heavy (non-hydrogen) atoms. The molecule has 3 heterocycles. The third kappa shape index (κ3) is 1.98. The summed E-state index contributed by atoms with van der Waals surface area (Å²) in [5.41, 5.74) is 1.26. The third-order valence-electron chi connectivity index (χ3n) is 3.30. The van der Waals surface area contributed by atoms with E-state index in [-0.39, 0.29) is 6.04 Å². The van der Waals surface area contributed by atoms with Gasteiger partial charge < -0.3 is 14.9 Å². The summed E-state index contributed by atoms with van der Waals surface area (Å²) in [4.78, 5) is 3.06. The Labute approximate surface area is 100 Å². The minimum Gasteiger partial charge on any atom is -0.367 e. The molecular formula is C12H17N5. The van der Waals surface area contributed by atoms with E-state index in [0.29, 0.717) is 0 Å². The van der Waals surface area contributed by atoms with Crippen LogP contribution in [0.1, 0.15) is 36.6 Å². The number of H-pyrrole nitrogens is 1. The van der Waals surface area contributed by atoms with Gasteiger partial charge in [0, 0.05) is 31.9 Å². The molecule has 1 atom stereocenters. The number of aromatic nitrogens is 4. The van der Waals surface area contributed by atoms with Crippen LogP contribution in [0.2, 0.25) is 0 Å². The molecule has 0 saturated heterocycles. The zero-order valence-electron chi connectivity index (χ0n) is 9.98. The van der Waals surface area contributed by atoms with Crippen LogP contribution in [0, 0.1) is 0 Å². The number of aryl methyl sites for hydroxylation is 1. The minimum atomic E-state index is 0.240. The van der Waals surface area contributed by atoms with Crippen molar-refractivity contribution in [1.29, 1.82) is 0 Å². The fourth-order valence-corrected chi connectivity index (χ4v) is 2.32. The first-order valence-corrected chi connectivity index (χ1v) is 6.11. The number of hydrogen-bond donors (Lipinski definition) is 2. The zero-order chi connectivity index (χ0) is 11.7. The molecule has 1 aliphatic heterocycles. The minimum absolute atomic E-state index is 0.240. The van der Waals surface area contributed by atoms with Gasteiger partial charge in [0.15, 0.2) is 0 Å². The second kappa shape index (κ2) is 4.33. The smallest absolute Gasteiger partial charge is 0.149 e. The highest BCUT2D eigenvalue weighted by molar-refractivity contribution is 5.09. The van der Waals surface area contributed by atoms with Crippen LogP contribution >= 0.6 is 0 Å². The van der Waals surface area contributed by atoms with Gasteiger partial charge >= 0.3 is 0 Å². The van der Waals surface area contributed by atoms with Crippen LogP contribution < -0.4 is 5.32 Å². The Morgan fingerprint density at radius 3 is 3.29 bits per heavy atom. The lowest BCUT2D eigenvalue weighted by Gasteiger charge is -2.13. The Morgan fingerprint density at radius 2 is 2.47 bits per heavy atom. The van der Waals surface area contributed by atoms with Gasteiger partial charge in [0.05, 0.1) is 6.04 Å². The van der Waals surface area contributed by atoms with Gasteiger partial charge in [-0.25, -0.2) is 0 Å². The molecule has 2 N–H and O–H groups in total. The van der Waals surface area contributed by atoms with Gasteiger partial charge in [0.1, 0.15) is 11.6 Å². The van der Waals surface area contributed by atoms with Crippen LogP contribution in [0.4, 0.5) is 0 Å². The molecule has 0 spiro atoms. The summed E-state index contributed by atoms with van der Waals surface area (Å²) < 4.78 is 2.24. The second-order valence-corrected chi connectivity index (χ2v) is 4.55. The summed E-state index contributed by atoms with van der Waals surface area (Å²) in [5.74, 6) is 2.20. The lowest BCUT2D eigenvalue weighted by molar-refractivity contribution is 0.516. The molecule has 2 aromatic rings. The molecule has 1 aliphatic rings. The van der Waals surface area contributed by atoms with Gasteiger partial charge in [0.2, 0.25) is 0 Å². The van der Waals surface area contributed by atoms with Crippen molar-refractivity contribution in [3.05, 3.63) is 35.7 Å². The van der Waals surface area contributed by atoms with Crippen LogP contribution in [0.15, 0.2) is 18.5 Å². The lowest BCUT2D eigenvalue weighted by Crippen LogP contribution is -2.21. The third-order valence-corrected chi connectivity index (χ3v) is 3.30. The van der Waals surface area contributed by atoms with Crippen LogP contribution in [-0.4, -0.2) is 19.7 Å². The fourth-order valence-electron chi connectivity index (χ4n) is 2.32. The van der Waals surface area contributed by atoms with Crippen molar-refractivity contribution in [2.24, 2.45) is 0 Å². The van der Waals surface area contributed by atoms with Crippen LogP contribution in [0.3, 0.4) is 0 Å². The molecule has 0 aliphatic carbocycles. The first kappa shape index (κ1) is 10.5. The van der Waals surface area contributed by atoms with Crippen molar-refractivity contribution in [2.45, 2.75) is 38.9 Å². The molecule has 0 radical (unpaired) electrons. The summed E-state index contributed by atoms with van der Waals surface area (Å²) in [6, 6.07) is 2.32. The van der Waals surface area contributed by atoms with Crippen molar-refractivity contribution in [3.8, 4) is 0 Å². The predicted molar refractivity (Wildman–Crippen MR) is 64.4 cm³/mol.